The van der Waals surface area contributed by atoms with Gasteiger partial charge in [0.15, 0.2) is 5.78 Å². The Labute approximate surface area is 260 Å². The second-order valence-electron chi connectivity index (χ2n) is 11.0. The molecule has 0 spiro atoms. The molecule has 43 heavy (non-hydrogen) atoms. The Morgan fingerprint density at radius 2 is 1.16 bits per heavy atom. The fraction of sp³-hybridized carbons (Fsp3) is 0.529. The lowest BCUT2D eigenvalue weighted by molar-refractivity contribution is -0.124. The molecular weight excluding hydrogens is 544 g/mol. The molecule has 9 heteroatoms. The molecule has 2 aromatic carbocycles. The van der Waals surface area contributed by atoms with Crippen molar-refractivity contribution in [2.45, 2.75) is 93.1 Å². The maximum Gasteiger partial charge on any atom is 0.231 e. The Hall–Kier alpha value is -3.56. The second kappa shape index (κ2) is 27.3. The Kier molecular flexibility index (Phi) is 27.8. The summed E-state index contributed by atoms with van der Waals surface area (Å²) in [5, 5.41) is 0. The number of nitrogens with two attached hydrogens (primary N) is 4. The number of amides is 3. The molecule has 1 aliphatic heterocycles. The summed E-state index contributed by atoms with van der Waals surface area (Å²) >= 11 is 0. The van der Waals surface area contributed by atoms with Crippen LogP contribution in [-0.2, 0) is 30.3 Å². The molecule has 1 fully saturated rings. The van der Waals surface area contributed by atoms with Gasteiger partial charge in [-0.3, -0.25) is 19.2 Å². The molecule has 0 aromatic heterocycles. The van der Waals surface area contributed by atoms with Crippen LogP contribution in [-0.4, -0.2) is 42.3 Å². The zero-order valence-electron chi connectivity index (χ0n) is 27.7. The summed E-state index contributed by atoms with van der Waals surface area (Å²) in [6, 6.07) is 20.7. The summed E-state index contributed by atoms with van der Waals surface area (Å²) in [6.07, 6.45) is 4.24. The van der Waals surface area contributed by atoms with E-state index in [0.717, 1.165) is 19.3 Å². The summed E-state index contributed by atoms with van der Waals surface area (Å²) < 4.78 is 5.04. The third-order valence-electron chi connectivity index (χ3n) is 5.48. The summed E-state index contributed by atoms with van der Waals surface area (Å²) in [6.45, 7) is 16.4. The van der Waals surface area contributed by atoms with Crippen LogP contribution in [0.4, 0.5) is 0 Å². The number of Topliss-reactive ketones (excluding diaryl/α,β-unsaturated/α-hetero) is 1. The lowest BCUT2D eigenvalue weighted by Crippen LogP contribution is -2.21. The molecule has 0 bridgehead atoms. The van der Waals surface area contributed by atoms with Crippen molar-refractivity contribution in [1.82, 2.24) is 0 Å². The van der Waals surface area contributed by atoms with E-state index in [1.165, 1.54) is 18.1 Å². The molecule has 1 unspecified atom stereocenters. The topological polar surface area (TPSA) is 185 Å². The minimum atomic E-state index is -0.468. The number of ether oxygens (including phenoxy) is 1. The number of epoxide rings is 1. The minimum Gasteiger partial charge on any atom is -0.370 e. The quantitative estimate of drug-likeness (QED) is 0.297. The van der Waals surface area contributed by atoms with E-state index in [1.807, 2.05) is 31.2 Å². The van der Waals surface area contributed by atoms with Crippen LogP contribution in [0.25, 0.3) is 0 Å². The van der Waals surface area contributed by atoms with Gasteiger partial charge in [-0.05, 0) is 50.5 Å². The van der Waals surface area contributed by atoms with Gasteiger partial charge in [-0.2, -0.15) is 0 Å². The summed E-state index contributed by atoms with van der Waals surface area (Å²) in [4.78, 5) is 40.1. The van der Waals surface area contributed by atoms with Crippen LogP contribution in [0.3, 0.4) is 0 Å². The fourth-order valence-electron chi connectivity index (χ4n) is 2.63. The van der Waals surface area contributed by atoms with Crippen molar-refractivity contribution in [2.75, 3.05) is 13.2 Å². The van der Waals surface area contributed by atoms with Crippen molar-refractivity contribution in [3.63, 3.8) is 0 Å². The average Bonchev–Trinajstić information content (AvgIpc) is 3.71. The SMILES string of the molecule is CC(C)CCC(=O)C1(C)CO1.CC(C)CCC(N)=O.CC(N)=O.CCc1ccccc1.Cc1ccccc1.NCC(N)=O. The molecule has 3 rings (SSSR count). The van der Waals surface area contributed by atoms with Crippen LogP contribution >= 0.6 is 0 Å². The molecule has 1 aliphatic rings. The number of aryl methyl sites for hydroxylation is 2. The summed E-state index contributed by atoms with van der Waals surface area (Å²) in [5.74, 6) is 0.471. The number of benzene rings is 2. The smallest absolute Gasteiger partial charge is 0.231 e. The Morgan fingerprint density at radius 3 is 1.37 bits per heavy atom. The van der Waals surface area contributed by atoms with Crippen molar-refractivity contribution in [1.29, 1.82) is 0 Å². The monoisotopic (exact) mass is 602 g/mol. The highest BCUT2D eigenvalue weighted by atomic mass is 16.6. The van der Waals surface area contributed by atoms with Crippen LogP contribution in [0.5, 0.6) is 0 Å². The van der Waals surface area contributed by atoms with Crippen LogP contribution in [0.15, 0.2) is 60.7 Å². The first-order chi connectivity index (χ1) is 20.0. The van der Waals surface area contributed by atoms with E-state index < -0.39 is 11.5 Å². The van der Waals surface area contributed by atoms with Gasteiger partial charge in [0.25, 0.3) is 0 Å². The van der Waals surface area contributed by atoms with E-state index >= 15 is 0 Å². The molecular formula is C34H58N4O5. The number of primary amides is 3. The minimum absolute atomic E-state index is 0.0556. The molecule has 244 valence electrons. The van der Waals surface area contributed by atoms with E-state index in [4.69, 9.17) is 16.2 Å². The van der Waals surface area contributed by atoms with Gasteiger partial charge >= 0.3 is 0 Å². The maximum absolute atomic E-state index is 11.3. The molecule has 2 aromatic rings. The number of carbonyl (C=O) groups excluding carboxylic acids is 4. The first kappa shape index (κ1) is 43.9. The second-order valence-corrected chi connectivity index (χ2v) is 11.0. The van der Waals surface area contributed by atoms with Gasteiger partial charge in [0.2, 0.25) is 17.7 Å². The van der Waals surface area contributed by atoms with Gasteiger partial charge in [0.1, 0.15) is 5.60 Å². The number of ketones is 1. The normalized spacial score (nSPS) is 13.8. The summed E-state index contributed by atoms with van der Waals surface area (Å²) in [7, 11) is 0. The Bertz CT molecular complexity index is 988. The molecule has 0 radical (unpaired) electrons. The van der Waals surface area contributed by atoms with Crippen molar-refractivity contribution in [3.8, 4) is 0 Å². The first-order valence-corrected chi connectivity index (χ1v) is 14.8. The van der Waals surface area contributed by atoms with Crippen molar-refractivity contribution in [2.24, 2.45) is 34.8 Å². The molecule has 9 nitrogen and oxygen atoms in total. The van der Waals surface area contributed by atoms with Gasteiger partial charge in [0.05, 0.1) is 13.2 Å². The molecule has 1 saturated heterocycles. The average molecular weight is 603 g/mol. The van der Waals surface area contributed by atoms with Crippen molar-refractivity contribution >= 4 is 23.5 Å². The third kappa shape index (κ3) is 36.4. The highest BCUT2D eigenvalue weighted by molar-refractivity contribution is 5.89. The predicted molar refractivity (Wildman–Crippen MR) is 177 cm³/mol. The fourth-order valence-corrected chi connectivity index (χ4v) is 2.63. The molecule has 0 saturated carbocycles. The van der Waals surface area contributed by atoms with Gasteiger partial charge < -0.3 is 27.7 Å². The van der Waals surface area contributed by atoms with Crippen molar-refractivity contribution < 1.29 is 23.9 Å². The van der Waals surface area contributed by atoms with Gasteiger partial charge in [-0.1, -0.05) is 101 Å². The van der Waals surface area contributed by atoms with Crippen LogP contribution in [0.2, 0.25) is 0 Å². The molecule has 1 heterocycles. The largest absolute Gasteiger partial charge is 0.370 e. The van der Waals surface area contributed by atoms with Gasteiger partial charge in [-0.25, -0.2) is 0 Å². The molecule has 1 atom stereocenters. The maximum atomic E-state index is 11.3. The van der Waals surface area contributed by atoms with Crippen LogP contribution in [0.1, 0.15) is 85.3 Å². The zero-order chi connectivity index (χ0) is 33.8. The highest BCUT2D eigenvalue weighted by Gasteiger charge is 2.46. The lowest BCUT2D eigenvalue weighted by atomic mass is 9.99. The van der Waals surface area contributed by atoms with E-state index in [0.29, 0.717) is 31.3 Å². The van der Waals surface area contributed by atoms with Crippen LogP contribution in [0, 0.1) is 18.8 Å². The number of carbonyl (C=O) groups is 4. The summed E-state index contributed by atoms with van der Waals surface area (Å²) in [5.41, 5.74) is 20.9. The van der Waals surface area contributed by atoms with E-state index in [-0.39, 0.29) is 24.1 Å². The van der Waals surface area contributed by atoms with Crippen molar-refractivity contribution in [3.05, 3.63) is 71.8 Å². The molecule has 8 N–H and O–H groups in total. The van der Waals surface area contributed by atoms with E-state index in [2.05, 4.69) is 89.4 Å². The third-order valence-corrected chi connectivity index (χ3v) is 5.48. The lowest BCUT2D eigenvalue weighted by Gasteiger charge is -2.05. The number of rotatable bonds is 9. The standard InChI is InChI=1S/C9H16O2.C8H10.C7H8.C6H13NO.C2H6N2O.C2H5NO/c1-7(2)4-5-8(10)9(3)6-11-9;1-2-8-6-4-3-5-7-8;1-7-5-3-2-4-6-7;1-5(2)3-4-6(7)8;3-1-2(4)5;1-2(3)4/h7H,4-6H2,1-3H3;3-7H,2H2,1H3;2-6H,1H3;5H,3-4H2,1-2H3,(H2,7,8);1,3H2,(H2,4,5);1H3,(H2,3,4). The Balaban J connectivity index is -0.000000460. The number of hydrogen-bond donors (Lipinski definition) is 4. The molecule has 0 aliphatic carbocycles. The van der Waals surface area contributed by atoms with Crippen LogP contribution < -0.4 is 22.9 Å². The Morgan fingerprint density at radius 1 is 0.791 bits per heavy atom. The van der Waals surface area contributed by atoms with Gasteiger partial charge in [0, 0.05) is 19.8 Å². The highest BCUT2D eigenvalue weighted by Crippen LogP contribution is 2.29. The molecule has 3 amide bonds. The first-order valence-electron chi connectivity index (χ1n) is 14.8. The predicted octanol–water partition coefficient (Wildman–Crippen LogP) is 4.85. The number of hydrogen-bond acceptors (Lipinski definition) is 6. The zero-order valence-corrected chi connectivity index (χ0v) is 27.7. The van der Waals surface area contributed by atoms with E-state index in [1.54, 1.807) is 0 Å². The van der Waals surface area contributed by atoms with Gasteiger partial charge in [-0.15, -0.1) is 0 Å². The van der Waals surface area contributed by atoms with E-state index in [9.17, 15) is 19.2 Å².